The molecule has 1 aliphatic heterocycles. The number of allylic oxidation sites excluding steroid dienone is 1. The number of aromatic nitrogens is 2. The molecule has 1 saturated heterocycles. The molecule has 2 heterocycles. The van der Waals surface area contributed by atoms with Crippen LogP contribution in [0.3, 0.4) is 0 Å². The molecule has 1 aliphatic rings. The van der Waals surface area contributed by atoms with Crippen LogP contribution in [-0.4, -0.2) is 34.6 Å². The molecule has 4 rings (SSSR count). The van der Waals surface area contributed by atoms with Gasteiger partial charge in [-0.2, -0.15) is 5.10 Å². The Labute approximate surface area is 191 Å². The number of carbonyl (C=O) groups excluding carboxylic acids is 1. The highest BCUT2D eigenvalue weighted by atomic mass is 16.5. The van der Waals surface area contributed by atoms with Gasteiger partial charge in [-0.05, 0) is 49.9 Å². The molecule has 168 valence electrons. The average Bonchev–Trinajstić information content (AvgIpc) is 3.17. The fourth-order valence-electron chi connectivity index (χ4n) is 3.85. The molecular weight excluding hydrogens is 418 g/mol. The fraction of sp³-hybridized carbons (Fsp3) is 0.200. The van der Waals surface area contributed by atoms with Crippen LogP contribution in [0.1, 0.15) is 25.5 Å². The Morgan fingerprint density at radius 1 is 1.18 bits per heavy atom. The fourth-order valence-corrected chi connectivity index (χ4v) is 3.85. The molecule has 2 aromatic carbocycles. The van der Waals surface area contributed by atoms with Gasteiger partial charge in [0, 0.05) is 36.5 Å². The van der Waals surface area contributed by atoms with Gasteiger partial charge in [-0.25, -0.2) is 9.67 Å². The number of aliphatic imine (C=N–C) groups is 1. The summed E-state index contributed by atoms with van der Waals surface area (Å²) in [5, 5.41) is 4.53. The Morgan fingerprint density at radius 2 is 1.97 bits per heavy atom. The number of carbonyl (C=O) groups is 1. The smallest absolute Gasteiger partial charge is 0.227 e. The minimum Gasteiger partial charge on any atom is -0.494 e. The van der Waals surface area contributed by atoms with Gasteiger partial charge in [0.15, 0.2) is 5.69 Å². The predicted molar refractivity (Wildman–Crippen MR) is 129 cm³/mol. The van der Waals surface area contributed by atoms with E-state index in [2.05, 4.69) is 10.1 Å². The predicted octanol–water partition coefficient (Wildman–Crippen LogP) is 3.35. The van der Waals surface area contributed by atoms with Gasteiger partial charge in [0.2, 0.25) is 11.3 Å². The number of hydrogen-bond acceptors (Lipinski definition) is 6. The second-order valence-electron chi connectivity index (χ2n) is 7.67. The number of hydrogen-bond donors (Lipinski definition) is 1. The zero-order chi connectivity index (χ0) is 23.4. The van der Waals surface area contributed by atoms with Gasteiger partial charge in [-0.3, -0.25) is 9.59 Å². The highest BCUT2D eigenvalue weighted by molar-refractivity contribution is 6.08. The zero-order valence-corrected chi connectivity index (χ0v) is 18.5. The number of anilines is 1. The topological polar surface area (TPSA) is 103 Å². The van der Waals surface area contributed by atoms with Gasteiger partial charge in [-0.15, -0.1) is 0 Å². The molecule has 0 aliphatic carbocycles. The first-order valence-corrected chi connectivity index (χ1v) is 10.6. The number of ether oxygens (including phenoxy) is 1. The van der Waals surface area contributed by atoms with Crippen LogP contribution in [0.15, 0.2) is 82.9 Å². The SMILES string of the molecule is COc1cc(N2C(=O)CCC2C)ccc1-n1ccc(=O)c(C(C=CN)=Nc2ccccc2)n1. The van der Waals surface area contributed by atoms with E-state index in [0.717, 1.165) is 12.1 Å². The maximum Gasteiger partial charge on any atom is 0.227 e. The van der Waals surface area contributed by atoms with Crippen molar-refractivity contribution in [2.75, 3.05) is 12.0 Å². The van der Waals surface area contributed by atoms with E-state index in [1.165, 1.54) is 12.3 Å². The summed E-state index contributed by atoms with van der Waals surface area (Å²) in [6.45, 7) is 2.03. The standard InChI is InChI=1S/C25H25N5O3/c1-17-8-11-24(32)30(17)19-9-10-21(23(16-19)33-2)29-15-13-22(31)25(28-29)20(12-14-26)27-18-6-4-3-5-7-18/h3-7,9-10,12-17H,8,11,26H2,1-2H3. The molecule has 1 atom stereocenters. The van der Waals surface area contributed by atoms with Crippen molar-refractivity contribution in [3.8, 4) is 11.4 Å². The summed E-state index contributed by atoms with van der Waals surface area (Å²) >= 11 is 0. The van der Waals surface area contributed by atoms with E-state index < -0.39 is 0 Å². The Kier molecular flexibility index (Phi) is 6.35. The minimum atomic E-state index is -0.286. The molecule has 1 amide bonds. The van der Waals surface area contributed by atoms with Crippen LogP contribution in [0, 0.1) is 0 Å². The average molecular weight is 444 g/mol. The van der Waals surface area contributed by atoms with E-state index in [1.54, 1.807) is 29.0 Å². The molecule has 0 saturated carbocycles. The van der Waals surface area contributed by atoms with Crippen LogP contribution in [0.2, 0.25) is 0 Å². The van der Waals surface area contributed by atoms with Gasteiger partial charge >= 0.3 is 0 Å². The van der Waals surface area contributed by atoms with Crippen molar-refractivity contribution in [2.45, 2.75) is 25.8 Å². The monoisotopic (exact) mass is 443 g/mol. The molecule has 1 unspecified atom stereocenters. The van der Waals surface area contributed by atoms with Gasteiger partial charge in [0.05, 0.1) is 18.5 Å². The van der Waals surface area contributed by atoms with Gasteiger partial charge in [0.25, 0.3) is 0 Å². The van der Waals surface area contributed by atoms with Gasteiger partial charge in [-0.1, -0.05) is 18.2 Å². The summed E-state index contributed by atoms with van der Waals surface area (Å²) in [6.07, 6.45) is 5.80. The summed E-state index contributed by atoms with van der Waals surface area (Å²) in [7, 11) is 1.56. The third kappa shape index (κ3) is 4.55. The highest BCUT2D eigenvalue weighted by Gasteiger charge is 2.29. The molecule has 0 spiro atoms. The maximum absolute atomic E-state index is 12.7. The molecule has 3 aromatic rings. The lowest BCUT2D eigenvalue weighted by Gasteiger charge is -2.23. The number of methoxy groups -OCH3 is 1. The van der Waals surface area contributed by atoms with Crippen LogP contribution in [0.4, 0.5) is 11.4 Å². The summed E-state index contributed by atoms with van der Waals surface area (Å²) in [5.41, 5.74) is 7.89. The molecule has 33 heavy (non-hydrogen) atoms. The molecule has 2 N–H and O–H groups in total. The maximum atomic E-state index is 12.7. The highest BCUT2D eigenvalue weighted by Crippen LogP contribution is 2.32. The Hall–Kier alpha value is -4.20. The second kappa shape index (κ2) is 9.52. The normalized spacial score (nSPS) is 16.5. The lowest BCUT2D eigenvalue weighted by molar-refractivity contribution is -0.117. The van der Waals surface area contributed by atoms with E-state index >= 15 is 0 Å². The number of rotatable bonds is 6. The molecular formula is C25H25N5O3. The Bertz CT molecular complexity index is 1280. The van der Waals surface area contributed by atoms with Gasteiger partial charge < -0.3 is 15.4 Å². The number of nitrogens with two attached hydrogens (primary N) is 1. The third-order valence-corrected chi connectivity index (χ3v) is 5.48. The first kappa shape index (κ1) is 22.0. The molecule has 0 radical (unpaired) electrons. The number of nitrogens with zero attached hydrogens (tertiary/aromatic N) is 4. The Morgan fingerprint density at radius 3 is 2.64 bits per heavy atom. The quantitative estimate of drug-likeness (QED) is 0.589. The van der Waals surface area contributed by atoms with Crippen LogP contribution < -0.4 is 20.8 Å². The van der Waals surface area contributed by atoms with E-state index in [-0.39, 0.29) is 23.1 Å². The van der Waals surface area contributed by atoms with Crippen molar-refractivity contribution in [1.29, 1.82) is 0 Å². The molecule has 0 bridgehead atoms. The largest absolute Gasteiger partial charge is 0.494 e. The van der Waals surface area contributed by atoms with E-state index in [1.807, 2.05) is 55.5 Å². The summed E-state index contributed by atoms with van der Waals surface area (Å²) < 4.78 is 7.16. The molecule has 8 heteroatoms. The second-order valence-corrected chi connectivity index (χ2v) is 7.67. The molecule has 1 fully saturated rings. The summed E-state index contributed by atoms with van der Waals surface area (Å²) in [6, 6.07) is 16.3. The van der Waals surface area contributed by atoms with Crippen LogP contribution >= 0.6 is 0 Å². The lowest BCUT2D eigenvalue weighted by atomic mass is 10.2. The first-order chi connectivity index (χ1) is 16.0. The molecule has 1 aromatic heterocycles. The lowest BCUT2D eigenvalue weighted by Crippen LogP contribution is -2.30. The summed E-state index contributed by atoms with van der Waals surface area (Å²) in [5.74, 6) is 0.619. The molecule has 8 nitrogen and oxygen atoms in total. The van der Waals surface area contributed by atoms with Crippen molar-refractivity contribution in [1.82, 2.24) is 9.78 Å². The zero-order valence-electron chi connectivity index (χ0n) is 18.5. The van der Waals surface area contributed by atoms with Crippen molar-refractivity contribution < 1.29 is 9.53 Å². The minimum absolute atomic E-state index is 0.0939. The van der Waals surface area contributed by atoms with E-state index in [0.29, 0.717) is 29.3 Å². The Balaban J connectivity index is 1.78. The van der Waals surface area contributed by atoms with Crippen molar-refractivity contribution in [3.05, 3.63) is 89.0 Å². The van der Waals surface area contributed by atoms with Gasteiger partial charge in [0.1, 0.15) is 11.4 Å². The summed E-state index contributed by atoms with van der Waals surface area (Å²) in [4.78, 5) is 31.3. The van der Waals surface area contributed by atoms with E-state index in [4.69, 9.17) is 10.5 Å². The third-order valence-electron chi connectivity index (χ3n) is 5.48. The first-order valence-electron chi connectivity index (χ1n) is 10.6. The number of benzene rings is 2. The van der Waals surface area contributed by atoms with Crippen molar-refractivity contribution in [2.24, 2.45) is 10.7 Å². The van der Waals surface area contributed by atoms with Crippen molar-refractivity contribution >= 4 is 23.0 Å². The van der Waals surface area contributed by atoms with Crippen LogP contribution in [0.5, 0.6) is 5.75 Å². The number of amides is 1. The van der Waals surface area contributed by atoms with Crippen LogP contribution in [0.25, 0.3) is 5.69 Å². The van der Waals surface area contributed by atoms with Crippen molar-refractivity contribution in [3.63, 3.8) is 0 Å². The van der Waals surface area contributed by atoms with Crippen LogP contribution in [-0.2, 0) is 4.79 Å². The van der Waals surface area contributed by atoms with E-state index in [9.17, 15) is 9.59 Å². The number of para-hydroxylation sites is 1.